The molecule has 0 saturated carbocycles. The number of ether oxygens (including phenoxy) is 1. The number of rotatable bonds is 6. The highest BCUT2D eigenvalue weighted by Gasteiger charge is 2.45. The number of nitrogens with zero attached hydrogens (tertiary/aromatic N) is 3. The number of amides is 2. The van der Waals surface area contributed by atoms with Gasteiger partial charge < -0.3 is 19.3 Å². The van der Waals surface area contributed by atoms with Gasteiger partial charge in [-0.15, -0.1) is 6.58 Å². The Morgan fingerprint density at radius 3 is 2.95 bits per heavy atom. The van der Waals surface area contributed by atoms with Crippen molar-refractivity contribution in [2.75, 3.05) is 18.6 Å². The predicted octanol–water partition coefficient (Wildman–Crippen LogP) is 1.91. The molecule has 0 aromatic carbocycles. The van der Waals surface area contributed by atoms with Crippen LogP contribution >= 0.6 is 0 Å². The summed E-state index contributed by atoms with van der Waals surface area (Å²) in [5.74, 6) is 0.791. The van der Waals surface area contributed by atoms with Crippen LogP contribution in [0.25, 0.3) is 0 Å². The molecule has 0 aliphatic carbocycles. The highest BCUT2D eigenvalue weighted by atomic mass is 16.5. The van der Waals surface area contributed by atoms with Crippen LogP contribution in [0, 0.1) is 0 Å². The Labute approximate surface area is 123 Å². The Hall–Kier alpha value is -1.86. The zero-order valence-corrected chi connectivity index (χ0v) is 12.5. The van der Waals surface area contributed by atoms with E-state index in [-0.39, 0.29) is 24.0 Å². The van der Waals surface area contributed by atoms with Gasteiger partial charge in [0.15, 0.2) is 17.8 Å². The number of urea groups is 1. The fourth-order valence-electron chi connectivity index (χ4n) is 2.44. The third kappa shape index (κ3) is 2.66. The molecule has 1 aliphatic rings. The number of aromatic nitrogens is 1. The second kappa shape index (κ2) is 6.28. The Morgan fingerprint density at radius 2 is 2.38 bits per heavy atom. The average molecular weight is 295 g/mol. The van der Waals surface area contributed by atoms with Crippen LogP contribution in [0.15, 0.2) is 23.2 Å². The molecular formula is C14H21N3O4. The van der Waals surface area contributed by atoms with Crippen molar-refractivity contribution in [1.82, 2.24) is 10.1 Å². The summed E-state index contributed by atoms with van der Waals surface area (Å²) in [7, 11) is 1.56. The van der Waals surface area contributed by atoms with Crippen LogP contribution in [-0.4, -0.2) is 47.1 Å². The van der Waals surface area contributed by atoms with Crippen molar-refractivity contribution in [3.8, 4) is 0 Å². The van der Waals surface area contributed by atoms with Gasteiger partial charge in [-0.25, -0.2) is 9.69 Å². The molecular weight excluding hydrogens is 274 g/mol. The van der Waals surface area contributed by atoms with E-state index in [0.717, 1.165) is 0 Å². The van der Waals surface area contributed by atoms with Crippen LogP contribution in [-0.2, 0) is 4.74 Å². The van der Waals surface area contributed by atoms with E-state index in [4.69, 9.17) is 9.26 Å². The van der Waals surface area contributed by atoms with E-state index in [2.05, 4.69) is 11.7 Å². The number of anilines is 1. The molecule has 2 amide bonds. The first-order valence-corrected chi connectivity index (χ1v) is 6.93. The molecule has 7 nitrogen and oxygen atoms in total. The predicted molar refractivity (Wildman–Crippen MR) is 76.8 cm³/mol. The fourth-order valence-corrected chi connectivity index (χ4v) is 2.44. The van der Waals surface area contributed by atoms with Gasteiger partial charge in [-0.1, -0.05) is 18.2 Å². The smallest absolute Gasteiger partial charge is 0.328 e. The third-order valence-corrected chi connectivity index (χ3v) is 3.72. The maximum atomic E-state index is 12.5. The number of hydrogen-bond acceptors (Lipinski definition) is 5. The Bertz CT molecular complexity index is 516. The molecule has 0 radical (unpaired) electrons. The normalized spacial score (nSPS) is 23.7. The quantitative estimate of drug-likeness (QED) is 0.811. The molecule has 1 saturated heterocycles. The van der Waals surface area contributed by atoms with Crippen molar-refractivity contribution >= 4 is 11.8 Å². The largest absolute Gasteiger partial charge is 0.374 e. The van der Waals surface area contributed by atoms with Gasteiger partial charge in [0.1, 0.15) is 6.10 Å². The van der Waals surface area contributed by atoms with E-state index in [9.17, 15) is 9.90 Å². The topological polar surface area (TPSA) is 79.0 Å². The maximum absolute atomic E-state index is 12.5. The molecule has 1 N–H and O–H groups in total. The first-order chi connectivity index (χ1) is 10.0. The molecule has 21 heavy (non-hydrogen) atoms. The lowest BCUT2D eigenvalue weighted by Crippen LogP contribution is -2.36. The summed E-state index contributed by atoms with van der Waals surface area (Å²) in [5, 5.41) is 14.3. The van der Waals surface area contributed by atoms with E-state index in [1.54, 1.807) is 24.2 Å². The monoisotopic (exact) mass is 295 g/mol. The molecule has 7 heteroatoms. The summed E-state index contributed by atoms with van der Waals surface area (Å²) < 4.78 is 10.3. The number of carbonyl (C=O) groups is 1. The minimum Gasteiger partial charge on any atom is -0.374 e. The Morgan fingerprint density at radius 1 is 1.67 bits per heavy atom. The summed E-state index contributed by atoms with van der Waals surface area (Å²) in [6.45, 7) is 7.75. The van der Waals surface area contributed by atoms with Gasteiger partial charge in [0.2, 0.25) is 0 Å². The fraction of sp³-hybridized carbons (Fsp3) is 0.571. The summed E-state index contributed by atoms with van der Waals surface area (Å²) in [5.41, 5.74) is 0. The molecule has 2 heterocycles. The zero-order chi connectivity index (χ0) is 15.6. The number of aliphatic hydroxyl groups is 1. The van der Waals surface area contributed by atoms with E-state index < -0.39 is 6.23 Å². The van der Waals surface area contributed by atoms with Gasteiger partial charge >= 0.3 is 6.03 Å². The summed E-state index contributed by atoms with van der Waals surface area (Å²) in [6.07, 6.45) is 1.04. The van der Waals surface area contributed by atoms with Crippen LogP contribution in [0.4, 0.5) is 10.6 Å². The second-order valence-corrected chi connectivity index (χ2v) is 4.95. The van der Waals surface area contributed by atoms with Crippen molar-refractivity contribution < 1.29 is 19.2 Å². The average Bonchev–Trinajstić information content (AvgIpc) is 3.03. The Balaban J connectivity index is 2.28. The standard InChI is InChI=1S/C14H21N3O4/c1-5-7-16-10(6-2)13(18)17(14(16)19)12-8-11(21-15-12)9(3)20-4/h5,8-10,13,18H,1,6-7H2,2-4H3. The van der Waals surface area contributed by atoms with Gasteiger partial charge in [-0.05, 0) is 13.3 Å². The van der Waals surface area contributed by atoms with E-state index in [0.29, 0.717) is 18.7 Å². The minimum atomic E-state index is -0.960. The Kier molecular flexibility index (Phi) is 4.64. The minimum absolute atomic E-state index is 0.271. The highest BCUT2D eigenvalue weighted by Crippen LogP contribution is 2.30. The van der Waals surface area contributed by atoms with Crippen LogP contribution < -0.4 is 4.90 Å². The SMILES string of the molecule is C=CCN1C(=O)N(c2cc(C(C)OC)on2)C(O)C1CC. The van der Waals surface area contributed by atoms with Crippen molar-refractivity contribution in [1.29, 1.82) is 0 Å². The van der Waals surface area contributed by atoms with Crippen molar-refractivity contribution in [3.63, 3.8) is 0 Å². The molecule has 3 unspecified atom stereocenters. The van der Waals surface area contributed by atoms with Crippen LogP contribution in [0.1, 0.15) is 32.1 Å². The molecule has 1 aromatic heterocycles. The lowest BCUT2D eigenvalue weighted by molar-refractivity contribution is 0.0930. The van der Waals surface area contributed by atoms with Crippen LogP contribution in [0.5, 0.6) is 0 Å². The van der Waals surface area contributed by atoms with Gasteiger partial charge in [-0.3, -0.25) is 0 Å². The van der Waals surface area contributed by atoms with Gasteiger partial charge in [0.25, 0.3) is 0 Å². The lowest BCUT2D eigenvalue weighted by Gasteiger charge is -2.21. The van der Waals surface area contributed by atoms with Crippen molar-refractivity contribution in [2.24, 2.45) is 0 Å². The number of hydrogen-bond donors (Lipinski definition) is 1. The van der Waals surface area contributed by atoms with E-state index >= 15 is 0 Å². The van der Waals surface area contributed by atoms with Crippen LogP contribution in [0.2, 0.25) is 0 Å². The molecule has 0 bridgehead atoms. The third-order valence-electron chi connectivity index (χ3n) is 3.72. The van der Waals surface area contributed by atoms with E-state index in [1.165, 1.54) is 4.90 Å². The van der Waals surface area contributed by atoms with Crippen molar-refractivity contribution in [2.45, 2.75) is 38.6 Å². The molecule has 1 aromatic rings. The van der Waals surface area contributed by atoms with Crippen LogP contribution in [0.3, 0.4) is 0 Å². The molecule has 2 rings (SSSR count). The summed E-state index contributed by atoms with van der Waals surface area (Å²) >= 11 is 0. The maximum Gasteiger partial charge on any atom is 0.328 e. The zero-order valence-electron chi connectivity index (χ0n) is 12.5. The molecule has 1 fully saturated rings. The lowest BCUT2D eigenvalue weighted by atomic mass is 10.2. The number of carbonyl (C=O) groups excluding carboxylic acids is 1. The molecule has 1 aliphatic heterocycles. The number of aliphatic hydroxyl groups excluding tert-OH is 1. The van der Waals surface area contributed by atoms with E-state index in [1.807, 2.05) is 13.8 Å². The molecule has 0 spiro atoms. The van der Waals surface area contributed by atoms with Crippen molar-refractivity contribution in [3.05, 3.63) is 24.5 Å². The first kappa shape index (κ1) is 15.5. The second-order valence-electron chi connectivity index (χ2n) is 4.95. The van der Waals surface area contributed by atoms with Gasteiger partial charge in [-0.2, -0.15) is 0 Å². The summed E-state index contributed by atoms with van der Waals surface area (Å²) in [4.78, 5) is 15.3. The van der Waals surface area contributed by atoms with Gasteiger partial charge in [0.05, 0.1) is 6.04 Å². The molecule has 3 atom stereocenters. The molecule has 116 valence electrons. The first-order valence-electron chi connectivity index (χ1n) is 6.93. The number of methoxy groups -OCH3 is 1. The summed E-state index contributed by atoms with van der Waals surface area (Å²) in [6, 6.07) is 1.01. The van der Waals surface area contributed by atoms with Gasteiger partial charge in [0, 0.05) is 19.7 Å². The highest BCUT2D eigenvalue weighted by molar-refractivity contribution is 5.94.